The van der Waals surface area contributed by atoms with Crippen LogP contribution in [0.4, 0.5) is 0 Å². The van der Waals surface area contributed by atoms with Crippen LogP contribution < -0.4 is 0 Å². The maximum Gasteiger partial charge on any atom is 0.252 e. The SMILES string of the molecule is [2H]c1c([2H])c(C(=O)Cl)c([2H])c([2H])c1Cl. The van der Waals surface area contributed by atoms with Gasteiger partial charge in [0, 0.05) is 10.6 Å². The summed E-state index contributed by atoms with van der Waals surface area (Å²) >= 11 is 10.6. The van der Waals surface area contributed by atoms with Crippen LogP contribution in [0.1, 0.15) is 15.8 Å². The molecule has 0 amide bonds. The van der Waals surface area contributed by atoms with Crippen molar-refractivity contribution in [3.8, 4) is 0 Å². The van der Waals surface area contributed by atoms with Crippen molar-refractivity contribution in [1.82, 2.24) is 0 Å². The molecule has 1 rings (SSSR count). The first-order valence-electron chi connectivity index (χ1n) is 4.33. The maximum absolute atomic E-state index is 10.8. The predicted molar refractivity (Wildman–Crippen MR) is 41.6 cm³/mol. The molecule has 3 heteroatoms. The molecule has 0 saturated heterocycles. The highest BCUT2D eigenvalue weighted by Gasteiger charge is 1.98. The van der Waals surface area contributed by atoms with Crippen molar-refractivity contribution in [3.05, 3.63) is 34.8 Å². The van der Waals surface area contributed by atoms with Gasteiger partial charge in [-0.2, -0.15) is 0 Å². The maximum atomic E-state index is 10.8. The van der Waals surface area contributed by atoms with Crippen LogP contribution in [0.3, 0.4) is 0 Å². The van der Waals surface area contributed by atoms with E-state index in [9.17, 15) is 4.79 Å². The molecule has 0 aliphatic rings. The molecule has 0 aliphatic heterocycles. The molecule has 0 unspecified atom stereocenters. The van der Waals surface area contributed by atoms with Crippen LogP contribution in [-0.2, 0) is 0 Å². The third kappa shape index (κ3) is 1.72. The van der Waals surface area contributed by atoms with Gasteiger partial charge in [0.15, 0.2) is 0 Å². The molecule has 0 spiro atoms. The molecule has 1 nitrogen and oxygen atoms in total. The van der Waals surface area contributed by atoms with Crippen LogP contribution in [0.5, 0.6) is 0 Å². The van der Waals surface area contributed by atoms with Crippen molar-refractivity contribution in [1.29, 1.82) is 0 Å². The minimum atomic E-state index is -1.03. The molecule has 10 heavy (non-hydrogen) atoms. The molecule has 0 radical (unpaired) electrons. The molecular weight excluding hydrogens is 171 g/mol. The van der Waals surface area contributed by atoms with E-state index in [1.54, 1.807) is 0 Å². The summed E-state index contributed by atoms with van der Waals surface area (Å²) in [7, 11) is 0. The highest BCUT2D eigenvalue weighted by Crippen LogP contribution is 2.10. The Balaban J connectivity index is 3.68. The zero-order valence-electron chi connectivity index (χ0n) is 8.66. The first-order chi connectivity index (χ1) is 6.37. The second kappa shape index (κ2) is 3.04. The van der Waals surface area contributed by atoms with Crippen molar-refractivity contribution in [2.45, 2.75) is 0 Å². The van der Waals surface area contributed by atoms with Gasteiger partial charge in [-0.15, -0.1) is 0 Å². The van der Waals surface area contributed by atoms with E-state index in [0.29, 0.717) is 0 Å². The Morgan fingerprint density at radius 2 is 1.90 bits per heavy atom. The molecule has 0 saturated carbocycles. The van der Waals surface area contributed by atoms with E-state index >= 15 is 0 Å². The second-order valence-corrected chi connectivity index (χ2v) is 2.18. The average molecular weight is 179 g/mol. The van der Waals surface area contributed by atoms with Crippen LogP contribution in [0.2, 0.25) is 5.02 Å². The van der Waals surface area contributed by atoms with Crippen molar-refractivity contribution in [2.24, 2.45) is 0 Å². The number of halogens is 2. The Labute approximate surface area is 74.2 Å². The highest BCUT2D eigenvalue weighted by atomic mass is 35.5. The highest BCUT2D eigenvalue weighted by molar-refractivity contribution is 6.67. The van der Waals surface area contributed by atoms with Gasteiger partial charge in [-0.05, 0) is 35.8 Å². The van der Waals surface area contributed by atoms with Crippen LogP contribution in [0.15, 0.2) is 24.2 Å². The van der Waals surface area contributed by atoms with Gasteiger partial charge in [-0.25, -0.2) is 0 Å². The summed E-state index contributed by atoms with van der Waals surface area (Å²) in [6.07, 6.45) is 0. The summed E-state index contributed by atoms with van der Waals surface area (Å²) in [6, 6.07) is -1.96. The van der Waals surface area contributed by atoms with Gasteiger partial charge in [-0.3, -0.25) is 4.79 Å². The van der Waals surface area contributed by atoms with Crippen LogP contribution in [-0.4, -0.2) is 5.24 Å². The Morgan fingerprint density at radius 3 is 2.30 bits per heavy atom. The summed E-state index contributed by atoms with van der Waals surface area (Å²) < 4.78 is 29.2. The monoisotopic (exact) mass is 178 g/mol. The van der Waals surface area contributed by atoms with E-state index in [4.69, 9.17) is 28.7 Å². The fourth-order valence-electron chi connectivity index (χ4n) is 0.396. The second-order valence-electron chi connectivity index (χ2n) is 1.46. The lowest BCUT2D eigenvalue weighted by molar-refractivity contribution is 0.108. The van der Waals surface area contributed by atoms with E-state index < -0.39 is 35.0 Å². The molecule has 0 atom stereocenters. The molecule has 0 aromatic heterocycles. The molecule has 0 bridgehead atoms. The lowest BCUT2D eigenvalue weighted by atomic mass is 10.2. The van der Waals surface area contributed by atoms with Crippen molar-refractivity contribution < 1.29 is 10.3 Å². The number of hydrogen-bond donors (Lipinski definition) is 0. The van der Waals surface area contributed by atoms with E-state index in [1.165, 1.54) is 0 Å². The third-order valence-electron chi connectivity index (χ3n) is 0.791. The van der Waals surface area contributed by atoms with Crippen molar-refractivity contribution in [3.63, 3.8) is 0 Å². The first-order valence-corrected chi connectivity index (χ1v) is 3.09. The molecule has 1 aromatic carbocycles. The number of hydrogen-bond acceptors (Lipinski definition) is 1. The van der Waals surface area contributed by atoms with Gasteiger partial charge >= 0.3 is 0 Å². The van der Waals surface area contributed by atoms with Gasteiger partial charge in [0.05, 0.1) is 5.48 Å². The molecule has 0 fully saturated rings. The topological polar surface area (TPSA) is 17.1 Å². The Bertz CT molecular complexity index is 390. The molecular formula is C7H4Cl2O. The lowest BCUT2D eigenvalue weighted by Gasteiger charge is -1.91. The molecule has 0 N–H and O–H groups in total. The quantitative estimate of drug-likeness (QED) is 0.605. The van der Waals surface area contributed by atoms with E-state index in [0.717, 1.165) is 0 Å². The van der Waals surface area contributed by atoms with Crippen molar-refractivity contribution in [2.75, 3.05) is 0 Å². The number of carbonyl (C=O) groups excluding carboxylic acids is 1. The van der Waals surface area contributed by atoms with E-state index in [-0.39, 0.29) is 5.02 Å². The average Bonchev–Trinajstić information content (AvgIpc) is 2.11. The Morgan fingerprint density at radius 1 is 1.40 bits per heavy atom. The summed E-state index contributed by atoms with van der Waals surface area (Å²) in [5, 5.41) is -1.35. The summed E-state index contributed by atoms with van der Waals surface area (Å²) in [5.74, 6) is 0. The fraction of sp³-hybridized carbons (Fsp3) is 0. The lowest BCUT2D eigenvalue weighted by Crippen LogP contribution is -1.85. The Kier molecular flexibility index (Phi) is 1.14. The number of benzene rings is 1. The van der Waals surface area contributed by atoms with Gasteiger partial charge in [-0.1, -0.05) is 11.6 Å². The number of rotatable bonds is 1. The Hall–Kier alpha value is -0.530. The van der Waals surface area contributed by atoms with E-state index in [2.05, 4.69) is 0 Å². The summed E-state index contributed by atoms with van der Waals surface area (Å²) in [5.41, 5.74) is -0.453. The predicted octanol–water partition coefficient (Wildman–Crippen LogP) is 2.72. The third-order valence-corrected chi connectivity index (χ3v) is 1.17. The smallest absolute Gasteiger partial charge is 0.252 e. The minimum absolute atomic E-state index is 0.318. The zero-order chi connectivity index (χ0) is 11.0. The molecule has 0 heterocycles. The zero-order valence-corrected chi connectivity index (χ0v) is 6.18. The normalized spacial score (nSPS) is 15.0. The standard InChI is InChI=1S/C7H4Cl2O/c8-6-3-1-5(2-4-6)7(9)10/h1-4H/i1D,2D,3D,4D. The van der Waals surface area contributed by atoms with E-state index in [1.807, 2.05) is 0 Å². The molecule has 0 aliphatic carbocycles. The minimum Gasteiger partial charge on any atom is -0.276 e. The number of carbonyl (C=O) groups is 1. The van der Waals surface area contributed by atoms with Gasteiger partial charge in [0.1, 0.15) is 0 Å². The largest absolute Gasteiger partial charge is 0.276 e. The molecule has 1 aromatic rings. The first kappa shape index (κ1) is 3.74. The summed E-state index contributed by atoms with van der Waals surface area (Å²) in [4.78, 5) is 10.8. The fourth-order valence-corrected chi connectivity index (χ4v) is 0.585. The van der Waals surface area contributed by atoms with Crippen LogP contribution >= 0.6 is 23.2 Å². The van der Waals surface area contributed by atoms with Crippen molar-refractivity contribution >= 4 is 28.4 Å². The molecule has 52 valence electrons. The van der Waals surface area contributed by atoms with Crippen LogP contribution in [0, 0.1) is 0 Å². The van der Waals surface area contributed by atoms with Gasteiger partial charge in [0.25, 0.3) is 5.24 Å². The summed E-state index contributed by atoms with van der Waals surface area (Å²) in [6.45, 7) is 0. The van der Waals surface area contributed by atoms with Crippen LogP contribution in [0.25, 0.3) is 0 Å². The van der Waals surface area contributed by atoms with Gasteiger partial charge in [0.2, 0.25) is 0 Å². The van der Waals surface area contributed by atoms with Gasteiger partial charge < -0.3 is 0 Å².